The summed E-state index contributed by atoms with van der Waals surface area (Å²) in [6, 6.07) is 3.06. The topological polar surface area (TPSA) is 56.8 Å². The number of methoxy groups -OCH3 is 1. The second kappa shape index (κ2) is 7.21. The lowest BCUT2D eigenvalue weighted by molar-refractivity contribution is 0.0364. The summed E-state index contributed by atoms with van der Waals surface area (Å²) in [4.78, 5) is 16.6. The smallest absolute Gasteiger partial charge is 0.275 e. The number of amides is 1. The lowest BCUT2D eigenvalue weighted by Crippen LogP contribution is -2.23. The summed E-state index contributed by atoms with van der Waals surface area (Å²) in [6.45, 7) is 5.91. The predicted molar refractivity (Wildman–Crippen MR) is 72.9 cm³/mol. The third-order valence-corrected chi connectivity index (χ3v) is 2.44. The number of benzene rings is 1. The molecule has 0 radical (unpaired) electrons. The van der Waals surface area contributed by atoms with Crippen molar-refractivity contribution in [3.63, 3.8) is 0 Å². The van der Waals surface area contributed by atoms with Crippen molar-refractivity contribution in [2.45, 2.75) is 26.9 Å². The van der Waals surface area contributed by atoms with Gasteiger partial charge in [0.1, 0.15) is 0 Å². The van der Waals surface area contributed by atoms with E-state index >= 15 is 0 Å². The van der Waals surface area contributed by atoms with Gasteiger partial charge in [-0.15, -0.1) is 0 Å². The second-order valence-electron chi connectivity index (χ2n) is 4.02. The Morgan fingerprint density at radius 3 is 2.63 bits per heavy atom. The molecular weight excluding hydrogens is 270 g/mol. The molecule has 1 aromatic carbocycles. The van der Waals surface area contributed by atoms with Gasteiger partial charge in [-0.25, -0.2) is 5.48 Å². The highest BCUT2D eigenvalue weighted by Crippen LogP contribution is 2.37. The molecule has 0 fully saturated rings. The van der Waals surface area contributed by atoms with Crippen molar-refractivity contribution in [3.8, 4) is 11.5 Å². The van der Waals surface area contributed by atoms with Gasteiger partial charge in [0, 0.05) is 5.56 Å². The van der Waals surface area contributed by atoms with E-state index in [0.717, 1.165) is 0 Å². The fraction of sp³-hybridized carbons (Fsp3) is 0.462. The van der Waals surface area contributed by atoms with Crippen LogP contribution in [-0.2, 0) is 4.84 Å². The van der Waals surface area contributed by atoms with Gasteiger partial charge < -0.3 is 9.47 Å². The second-order valence-corrected chi connectivity index (χ2v) is 4.43. The van der Waals surface area contributed by atoms with E-state index in [1.54, 1.807) is 13.0 Å². The highest BCUT2D eigenvalue weighted by Gasteiger charge is 2.16. The van der Waals surface area contributed by atoms with Gasteiger partial charge in [-0.05, 0) is 32.9 Å². The summed E-state index contributed by atoms with van der Waals surface area (Å²) in [6.07, 6.45) is -0.0468. The molecule has 0 spiro atoms. The maximum Gasteiger partial charge on any atom is 0.275 e. The van der Waals surface area contributed by atoms with Crippen molar-refractivity contribution < 1.29 is 19.1 Å². The fourth-order valence-corrected chi connectivity index (χ4v) is 1.65. The van der Waals surface area contributed by atoms with Crippen LogP contribution in [0.25, 0.3) is 0 Å². The van der Waals surface area contributed by atoms with Gasteiger partial charge in [-0.3, -0.25) is 9.63 Å². The molecule has 0 saturated heterocycles. The monoisotopic (exact) mass is 287 g/mol. The van der Waals surface area contributed by atoms with Gasteiger partial charge >= 0.3 is 0 Å². The lowest BCUT2D eigenvalue weighted by atomic mass is 10.2. The Bertz CT molecular complexity index is 449. The Labute approximate surface area is 117 Å². The van der Waals surface area contributed by atoms with Crippen LogP contribution in [0.4, 0.5) is 0 Å². The van der Waals surface area contributed by atoms with Crippen LogP contribution in [0.2, 0.25) is 5.02 Å². The Hall–Kier alpha value is -1.46. The number of nitrogens with one attached hydrogen (secondary N) is 1. The number of hydrogen-bond donors (Lipinski definition) is 1. The zero-order chi connectivity index (χ0) is 14.4. The molecule has 0 unspecified atom stereocenters. The molecule has 0 aliphatic heterocycles. The number of rotatable bonds is 6. The molecule has 19 heavy (non-hydrogen) atoms. The van der Waals surface area contributed by atoms with Crippen LogP contribution in [0.1, 0.15) is 31.1 Å². The third kappa shape index (κ3) is 4.29. The highest BCUT2D eigenvalue weighted by molar-refractivity contribution is 6.32. The maximum atomic E-state index is 11.8. The van der Waals surface area contributed by atoms with Crippen LogP contribution >= 0.6 is 11.6 Å². The first-order valence-electron chi connectivity index (χ1n) is 5.95. The molecule has 1 rings (SSSR count). The van der Waals surface area contributed by atoms with Crippen LogP contribution in [0.15, 0.2) is 12.1 Å². The summed E-state index contributed by atoms with van der Waals surface area (Å²) < 4.78 is 10.8. The van der Waals surface area contributed by atoms with Crippen LogP contribution in [-0.4, -0.2) is 25.7 Å². The Morgan fingerprint density at radius 1 is 1.42 bits per heavy atom. The SMILES string of the molecule is CCONC(=O)c1cc(Cl)c(OC(C)C)c(OC)c1. The number of halogens is 1. The molecule has 5 nitrogen and oxygen atoms in total. The van der Waals surface area contributed by atoms with Crippen molar-refractivity contribution in [1.29, 1.82) is 0 Å². The number of carbonyl (C=O) groups is 1. The van der Waals surface area contributed by atoms with E-state index in [4.69, 9.17) is 25.9 Å². The first-order valence-corrected chi connectivity index (χ1v) is 6.33. The van der Waals surface area contributed by atoms with Gasteiger partial charge in [0.2, 0.25) is 0 Å². The maximum absolute atomic E-state index is 11.8. The molecular formula is C13H18ClNO4. The lowest BCUT2D eigenvalue weighted by Gasteiger charge is -2.16. The molecule has 1 N–H and O–H groups in total. The first kappa shape index (κ1) is 15.6. The van der Waals surface area contributed by atoms with Crippen molar-refractivity contribution >= 4 is 17.5 Å². The van der Waals surface area contributed by atoms with E-state index in [1.807, 2.05) is 13.8 Å². The fourth-order valence-electron chi connectivity index (χ4n) is 1.40. The van der Waals surface area contributed by atoms with Gasteiger partial charge in [0.25, 0.3) is 5.91 Å². The molecule has 0 aliphatic carbocycles. The largest absolute Gasteiger partial charge is 0.493 e. The summed E-state index contributed by atoms with van der Waals surface area (Å²) in [7, 11) is 1.49. The predicted octanol–water partition coefficient (Wildman–Crippen LogP) is 2.82. The van der Waals surface area contributed by atoms with Gasteiger partial charge in [0.15, 0.2) is 11.5 Å². The van der Waals surface area contributed by atoms with E-state index in [2.05, 4.69) is 5.48 Å². The minimum atomic E-state index is -0.391. The third-order valence-electron chi connectivity index (χ3n) is 2.15. The number of hydrogen-bond acceptors (Lipinski definition) is 4. The summed E-state index contributed by atoms with van der Waals surface area (Å²) >= 11 is 6.11. The van der Waals surface area contributed by atoms with Crippen LogP contribution in [0.5, 0.6) is 11.5 Å². The zero-order valence-corrected chi connectivity index (χ0v) is 12.2. The Balaban J connectivity index is 3.05. The quantitative estimate of drug-likeness (QED) is 0.818. The standard InChI is InChI=1S/C13H18ClNO4/c1-5-18-15-13(16)9-6-10(14)12(19-8(2)3)11(7-9)17-4/h6-8H,5H2,1-4H3,(H,15,16). The van der Waals surface area contributed by atoms with E-state index in [0.29, 0.717) is 28.7 Å². The first-order chi connectivity index (χ1) is 8.99. The molecule has 0 saturated carbocycles. The normalized spacial score (nSPS) is 10.4. The minimum Gasteiger partial charge on any atom is -0.493 e. The van der Waals surface area contributed by atoms with Crippen LogP contribution in [0, 0.1) is 0 Å². The van der Waals surface area contributed by atoms with E-state index in [1.165, 1.54) is 13.2 Å². The number of ether oxygens (including phenoxy) is 2. The van der Waals surface area contributed by atoms with Crippen LogP contribution in [0.3, 0.4) is 0 Å². The molecule has 6 heteroatoms. The average molecular weight is 288 g/mol. The molecule has 106 valence electrons. The summed E-state index contributed by atoms with van der Waals surface area (Å²) in [5.74, 6) is 0.438. The molecule has 0 heterocycles. The number of hydroxylamine groups is 1. The molecule has 1 aromatic rings. The molecule has 0 aromatic heterocycles. The van der Waals surface area contributed by atoms with E-state index in [-0.39, 0.29) is 6.10 Å². The molecule has 0 aliphatic rings. The minimum absolute atomic E-state index is 0.0468. The number of carbonyl (C=O) groups excluding carboxylic acids is 1. The van der Waals surface area contributed by atoms with Crippen molar-refractivity contribution in [2.24, 2.45) is 0 Å². The molecule has 0 atom stereocenters. The van der Waals surface area contributed by atoms with Crippen LogP contribution < -0.4 is 15.0 Å². The van der Waals surface area contributed by atoms with E-state index in [9.17, 15) is 4.79 Å². The van der Waals surface area contributed by atoms with Gasteiger partial charge in [-0.1, -0.05) is 11.6 Å². The van der Waals surface area contributed by atoms with Gasteiger partial charge in [-0.2, -0.15) is 0 Å². The van der Waals surface area contributed by atoms with E-state index < -0.39 is 5.91 Å². The molecule has 0 bridgehead atoms. The molecule has 1 amide bonds. The van der Waals surface area contributed by atoms with Crippen molar-refractivity contribution in [2.75, 3.05) is 13.7 Å². The highest BCUT2D eigenvalue weighted by atomic mass is 35.5. The zero-order valence-electron chi connectivity index (χ0n) is 11.5. The van der Waals surface area contributed by atoms with Crippen molar-refractivity contribution in [3.05, 3.63) is 22.7 Å². The summed E-state index contributed by atoms with van der Waals surface area (Å²) in [5.41, 5.74) is 2.63. The average Bonchev–Trinajstić information content (AvgIpc) is 2.37. The van der Waals surface area contributed by atoms with Gasteiger partial charge in [0.05, 0.1) is 24.8 Å². The Kier molecular flexibility index (Phi) is 5.92. The van der Waals surface area contributed by atoms with Crippen molar-refractivity contribution in [1.82, 2.24) is 5.48 Å². The summed E-state index contributed by atoms with van der Waals surface area (Å²) in [5, 5.41) is 0.315. The Morgan fingerprint density at radius 2 is 2.11 bits per heavy atom.